The van der Waals surface area contributed by atoms with Crippen LogP contribution in [-0.2, 0) is 32.0 Å². The van der Waals surface area contributed by atoms with Crippen molar-refractivity contribution in [2.75, 3.05) is 30.0 Å². The van der Waals surface area contributed by atoms with Gasteiger partial charge >= 0.3 is 12.1 Å². The monoisotopic (exact) mass is 706 g/mol. The number of anilines is 2. The summed E-state index contributed by atoms with van der Waals surface area (Å²) in [4.78, 5) is 61.1. The van der Waals surface area contributed by atoms with Crippen LogP contribution in [0.15, 0.2) is 97.2 Å². The number of amides is 3. The lowest BCUT2D eigenvalue weighted by Crippen LogP contribution is -2.41. The first-order valence-electron chi connectivity index (χ1n) is 17.6. The molecule has 1 aliphatic heterocycles. The highest BCUT2D eigenvalue weighted by molar-refractivity contribution is 6.10. The van der Waals surface area contributed by atoms with Crippen LogP contribution in [0.3, 0.4) is 0 Å². The number of rotatable bonds is 14. The van der Waals surface area contributed by atoms with Crippen molar-refractivity contribution in [3.63, 3.8) is 0 Å². The Hall–Kier alpha value is -5.71. The van der Waals surface area contributed by atoms with E-state index in [4.69, 9.17) is 14.2 Å². The van der Waals surface area contributed by atoms with Gasteiger partial charge in [0.2, 0.25) is 5.91 Å². The Kier molecular flexibility index (Phi) is 12.6. The molecule has 11 nitrogen and oxygen atoms in total. The molecule has 1 atom stereocenters. The number of hydrogen-bond donors (Lipinski definition) is 1. The number of aryl methyl sites for hydroxylation is 1. The highest BCUT2D eigenvalue weighted by Gasteiger charge is 2.37. The minimum absolute atomic E-state index is 0.0868. The molecule has 2 heterocycles. The largest absolute Gasteiger partial charge is 0.490 e. The SMILES string of the molecule is CCOC(=O)CC(c1ccccc1)N1CC(=O)N(Cc2ccccc2)c2ccc(CCCCOc3cccnc3NC(=O)OC(C)(C)C)cc2C1=O. The smallest absolute Gasteiger partial charge is 0.413 e. The number of carbonyl (C=O) groups excluding carboxylic acids is 4. The first kappa shape index (κ1) is 37.5. The van der Waals surface area contributed by atoms with Crippen molar-refractivity contribution in [3.8, 4) is 5.75 Å². The van der Waals surface area contributed by atoms with Crippen LogP contribution < -0.4 is 15.0 Å². The van der Waals surface area contributed by atoms with E-state index in [0.29, 0.717) is 36.4 Å². The van der Waals surface area contributed by atoms with Gasteiger partial charge in [-0.05, 0) is 87.9 Å². The molecule has 0 fully saturated rings. The molecule has 52 heavy (non-hydrogen) atoms. The van der Waals surface area contributed by atoms with Crippen molar-refractivity contribution in [2.45, 2.75) is 71.6 Å². The van der Waals surface area contributed by atoms with Crippen LogP contribution in [0.25, 0.3) is 0 Å². The number of hydrogen-bond acceptors (Lipinski definition) is 8. The minimum atomic E-state index is -0.704. The number of pyridine rings is 1. The number of nitrogens with zero attached hydrogens (tertiary/aromatic N) is 3. The van der Waals surface area contributed by atoms with Gasteiger partial charge in [-0.25, -0.2) is 9.78 Å². The summed E-state index contributed by atoms with van der Waals surface area (Å²) in [6.45, 7) is 7.76. The van der Waals surface area contributed by atoms with Crippen LogP contribution in [0, 0.1) is 0 Å². The fourth-order valence-corrected chi connectivity index (χ4v) is 6.00. The molecular weight excluding hydrogens is 660 g/mol. The zero-order valence-corrected chi connectivity index (χ0v) is 30.2. The third-order valence-electron chi connectivity index (χ3n) is 8.37. The van der Waals surface area contributed by atoms with Crippen LogP contribution in [0.2, 0.25) is 0 Å². The van der Waals surface area contributed by atoms with E-state index in [-0.39, 0.29) is 43.7 Å². The van der Waals surface area contributed by atoms with E-state index in [9.17, 15) is 19.2 Å². The summed E-state index contributed by atoms with van der Waals surface area (Å²) in [6.07, 6.45) is 2.94. The van der Waals surface area contributed by atoms with E-state index in [0.717, 1.165) is 23.1 Å². The first-order valence-corrected chi connectivity index (χ1v) is 17.6. The first-order chi connectivity index (χ1) is 25.0. The van der Waals surface area contributed by atoms with Crippen LogP contribution in [0.1, 0.15) is 80.0 Å². The molecule has 4 aromatic rings. The third kappa shape index (κ3) is 10.2. The maximum absolute atomic E-state index is 14.5. The number of ether oxygens (including phenoxy) is 3. The molecule has 1 aromatic heterocycles. The molecular formula is C41H46N4O7. The predicted molar refractivity (Wildman–Crippen MR) is 198 cm³/mol. The lowest BCUT2D eigenvalue weighted by Gasteiger charge is -2.30. The Morgan fingerprint density at radius 1 is 0.904 bits per heavy atom. The van der Waals surface area contributed by atoms with Crippen LogP contribution >= 0.6 is 0 Å². The molecule has 0 aliphatic carbocycles. The van der Waals surface area contributed by atoms with Gasteiger partial charge in [-0.1, -0.05) is 66.7 Å². The number of fused-ring (bicyclic) bond motifs is 1. The van der Waals surface area contributed by atoms with Crippen molar-refractivity contribution < 1.29 is 33.4 Å². The summed E-state index contributed by atoms with van der Waals surface area (Å²) >= 11 is 0. The molecule has 272 valence electrons. The van der Waals surface area contributed by atoms with Gasteiger partial charge in [0.1, 0.15) is 12.1 Å². The van der Waals surface area contributed by atoms with Gasteiger partial charge in [0.25, 0.3) is 5.91 Å². The van der Waals surface area contributed by atoms with Crippen molar-refractivity contribution in [1.82, 2.24) is 9.88 Å². The number of aromatic nitrogens is 1. The molecule has 11 heteroatoms. The van der Waals surface area contributed by atoms with Crippen LogP contribution in [-0.4, -0.2) is 59.1 Å². The molecule has 1 unspecified atom stereocenters. The second-order valence-corrected chi connectivity index (χ2v) is 13.5. The molecule has 1 N–H and O–H groups in total. The summed E-state index contributed by atoms with van der Waals surface area (Å²) in [5.41, 5.74) is 2.86. The lowest BCUT2D eigenvalue weighted by molar-refractivity contribution is -0.144. The Balaban J connectivity index is 1.34. The Morgan fingerprint density at radius 2 is 1.63 bits per heavy atom. The Labute approximate surface area is 304 Å². The Morgan fingerprint density at radius 3 is 2.35 bits per heavy atom. The number of unbranched alkanes of at least 4 members (excludes halogenated alkanes) is 1. The van der Waals surface area contributed by atoms with Crippen molar-refractivity contribution in [1.29, 1.82) is 0 Å². The molecule has 0 saturated carbocycles. The number of carbonyl (C=O) groups is 4. The summed E-state index contributed by atoms with van der Waals surface area (Å²) in [7, 11) is 0. The van der Waals surface area contributed by atoms with E-state index in [1.165, 1.54) is 4.90 Å². The molecule has 5 rings (SSSR count). The van der Waals surface area contributed by atoms with Gasteiger partial charge < -0.3 is 24.0 Å². The predicted octanol–water partition coefficient (Wildman–Crippen LogP) is 7.51. The second-order valence-electron chi connectivity index (χ2n) is 13.5. The van der Waals surface area contributed by atoms with Gasteiger partial charge in [-0.15, -0.1) is 0 Å². The highest BCUT2D eigenvalue weighted by Crippen LogP contribution is 2.34. The van der Waals surface area contributed by atoms with Gasteiger partial charge in [0.15, 0.2) is 11.6 Å². The molecule has 0 spiro atoms. The number of esters is 1. The zero-order valence-electron chi connectivity index (χ0n) is 30.2. The van der Waals surface area contributed by atoms with Crippen molar-refractivity contribution in [3.05, 3.63) is 119 Å². The molecule has 1 aliphatic rings. The number of nitrogens with one attached hydrogen (secondary N) is 1. The standard InChI is InChI=1S/C41H46N4O7/c1-5-50-37(47)26-34(31-18-10-7-11-19-31)45-28-36(46)44(27-30-16-8-6-9-17-30)33-22-21-29(25-32(33)39(45)48)15-12-13-24-51-35-20-14-23-42-38(35)43-40(49)52-41(2,3)4/h6-11,14,16-23,25,34H,5,12-13,15,24,26-28H2,1-4H3,(H,42,43,49). The second kappa shape index (κ2) is 17.5. The normalized spacial score (nSPS) is 13.5. The highest BCUT2D eigenvalue weighted by atomic mass is 16.6. The number of benzene rings is 3. The molecule has 0 radical (unpaired) electrons. The van der Waals surface area contributed by atoms with Crippen molar-refractivity contribution in [2.24, 2.45) is 0 Å². The van der Waals surface area contributed by atoms with Crippen LogP contribution in [0.5, 0.6) is 5.75 Å². The van der Waals surface area contributed by atoms with E-state index in [2.05, 4.69) is 10.3 Å². The summed E-state index contributed by atoms with van der Waals surface area (Å²) in [6, 6.07) is 27.3. The average molecular weight is 707 g/mol. The summed E-state index contributed by atoms with van der Waals surface area (Å²) in [5, 5.41) is 2.65. The Bertz CT molecular complexity index is 1840. The van der Waals surface area contributed by atoms with Crippen molar-refractivity contribution >= 4 is 35.4 Å². The minimum Gasteiger partial charge on any atom is -0.490 e. The third-order valence-corrected chi connectivity index (χ3v) is 8.37. The molecule has 0 bridgehead atoms. The lowest BCUT2D eigenvalue weighted by atomic mass is 9.99. The van der Waals surface area contributed by atoms with E-state index in [1.54, 1.807) is 50.9 Å². The van der Waals surface area contributed by atoms with E-state index < -0.39 is 23.7 Å². The summed E-state index contributed by atoms with van der Waals surface area (Å²) in [5.74, 6) is -0.317. The average Bonchev–Trinajstić information content (AvgIpc) is 3.21. The van der Waals surface area contributed by atoms with Gasteiger partial charge in [0, 0.05) is 6.20 Å². The zero-order chi connectivity index (χ0) is 37.1. The fourth-order valence-electron chi connectivity index (χ4n) is 6.00. The van der Waals surface area contributed by atoms with Gasteiger partial charge in [-0.2, -0.15) is 0 Å². The summed E-state index contributed by atoms with van der Waals surface area (Å²) < 4.78 is 16.6. The van der Waals surface area contributed by atoms with Gasteiger partial charge in [-0.3, -0.25) is 19.7 Å². The molecule has 3 aromatic carbocycles. The van der Waals surface area contributed by atoms with Gasteiger partial charge in [0.05, 0.1) is 43.5 Å². The maximum atomic E-state index is 14.5. The van der Waals surface area contributed by atoms with E-state index >= 15 is 0 Å². The molecule has 0 saturated heterocycles. The quantitative estimate of drug-likeness (QED) is 0.105. The maximum Gasteiger partial charge on any atom is 0.413 e. The fraction of sp³-hybridized carbons (Fsp3) is 0.341. The van der Waals surface area contributed by atoms with E-state index in [1.807, 2.05) is 78.9 Å². The molecule has 3 amide bonds. The topological polar surface area (TPSA) is 127 Å². The van der Waals surface area contributed by atoms with Crippen LogP contribution in [0.4, 0.5) is 16.3 Å².